The molecule has 7 heteroatoms. The Hall–Kier alpha value is -1.05. The summed E-state index contributed by atoms with van der Waals surface area (Å²) < 4.78 is 5.20. The zero-order chi connectivity index (χ0) is 14.5. The van der Waals surface area contributed by atoms with E-state index in [1.807, 2.05) is 26.8 Å². The van der Waals surface area contributed by atoms with Gasteiger partial charge in [0.1, 0.15) is 5.60 Å². The molecule has 0 aliphatic carbocycles. The van der Waals surface area contributed by atoms with Crippen molar-refractivity contribution in [2.75, 3.05) is 5.75 Å². The molecule has 106 valence electrons. The van der Waals surface area contributed by atoms with Gasteiger partial charge >= 0.3 is 5.97 Å². The van der Waals surface area contributed by atoms with E-state index in [-0.39, 0.29) is 11.9 Å². The van der Waals surface area contributed by atoms with Gasteiger partial charge in [-0.05, 0) is 32.9 Å². The maximum Gasteiger partial charge on any atom is 0.316 e. The van der Waals surface area contributed by atoms with Gasteiger partial charge in [-0.25, -0.2) is 5.84 Å². The van der Waals surface area contributed by atoms with E-state index in [0.717, 1.165) is 4.88 Å². The van der Waals surface area contributed by atoms with Crippen LogP contribution in [0.5, 0.6) is 0 Å². The first kappa shape index (κ1) is 16.0. The molecule has 0 radical (unpaired) electrons. The summed E-state index contributed by atoms with van der Waals surface area (Å²) in [7, 11) is 0. The highest BCUT2D eigenvalue weighted by Crippen LogP contribution is 2.22. The van der Waals surface area contributed by atoms with Gasteiger partial charge in [-0.3, -0.25) is 15.0 Å². The van der Waals surface area contributed by atoms with Gasteiger partial charge < -0.3 is 4.74 Å². The molecule has 5 nitrogen and oxygen atoms in total. The summed E-state index contributed by atoms with van der Waals surface area (Å²) >= 11 is 2.83. The molecule has 0 aromatic carbocycles. The van der Waals surface area contributed by atoms with Crippen LogP contribution in [0.3, 0.4) is 0 Å². The number of ether oxygens (including phenoxy) is 1. The number of esters is 1. The van der Waals surface area contributed by atoms with Crippen LogP contribution < -0.4 is 11.3 Å². The average molecular weight is 302 g/mol. The van der Waals surface area contributed by atoms with E-state index >= 15 is 0 Å². The average Bonchev–Trinajstić information content (AvgIpc) is 2.74. The monoisotopic (exact) mass is 302 g/mol. The summed E-state index contributed by atoms with van der Waals surface area (Å²) in [5.41, 5.74) is 1.63. The number of thiophene rings is 1. The first-order valence-electron chi connectivity index (χ1n) is 5.71. The van der Waals surface area contributed by atoms with Crippen LogP contribution >= 0.6 is 23.1 Å². The van der Waals surface area contributed by atoms with Crippen molar-refractivity contribution in [3.05, 3.63) is 21.9 Å². The fourth-order valence-electron chi connectivity index (χ4n) is 1.25. The molecule has 1 aromatic rings. The lowest BCUT2D eigenvalue weighted by Gasteiger charge is -2.19. The zero-order valence-electron chi connectivity index (χ0n) is 11.2. The quantitative estimate of drug-likeness (QED) is 0.376. The molecule has 1 aromatic heterocycles. The van der Waals surface area contributed by atoms with E-state index in [2.05, 4.69) is 5.43 Å². The number of carbonyl (C=O) groups is 2. The number of thioether (sulfide) groups is 1. The molecule has 0 aliphatic heterocycles. The van der Waals surface area contributed by atoms with Crippen molar-refractivity contribution >= 4 is 35.0 Å². The zero-order valence-corrected chi connectivity index (χ0v) is 12.8. The van der Waals surface area contributed by atoms with Crippen molar-refractivity contribution < 1.29 is 14.3 Å². The number of hydrogen-bond donors (Lipinski definition) is 2. The van der Waals surface area contributed by atoms with Crippen LogP contribution in [-0.2, 0) is 15.3 Å². The Morgan fingerprint density at radius 3 is 2.68 bits per heavy atom. The minimum absolute atomic E-state index is 0.228. The molecule has 0 bridgehead atoms. The summed E-state index contributed by atoms with van der Waals surface area (Å²) in [6, 6.07) is 3.58. The Morgan fingerprint density at radius 2 is 2.11 bits per heavy atom. The summed E-state index contributed by atoms with van der Waals surface area (Å²) in [4.78, 5) is 24.3. The van der Waals surface area contributed by atoms with Crippen LogP contribution in [0.25, 0.3) is 0 Å². The molecular formula is C12H18N2O3S2. The number of nitrogens with one attached hydrogen (secondary N) is 1. The van der Waals surface area contributed by atoms with Crippen LogP contribution in [0.2, 0.25) is 0 Å². The van der Waals surface area contributed by atoms with Crippen molar-refractivity contribution in [3.63, 3.8) is 0 Å². The Labute approximate surface area is 120 Å². The molecule has 3 N–H and O–H groups in total. The SMILES string of the molecule is CC(C)(C)OC(=O)CSCc1ccc(C(=O)NN)s1. The van der Waals surface area contributed by atoms with Crippen LogP contribution in [0.15, 0.2) is 12.1 Å². The molecule has 0 saturated heterocycles. The summed E-state index contributed by atoms with van der Waals surface area (Å²) in [6.45, 7) is 5.52. The fraction of sp³-hybridized carbons (Fsp3) is 0.500. The van der Waals surface area contributed by atoms with Gasteiger partial charge in [0, 0.05) is 10.6 Å². The molecule has 0 aliphatic rings. The normalized spacial score (nSPS) is 11.2. The predicted octanol–water partition coefficient (Wildman–Crippen LogP) is 1.93. The summed E-state index contributed by atoms with van der Waals surface area (Å²) in [5, 5.41) is 0. The number of nitrogen functional groups attached to an aromatic ring is 1. The first-order chi connectivity index (χ1) is 8.81. The van der Waals surface area contributed by atoms with Gasteiger partial charge in [0.15, 0.2) is 0 Å². The predicted molar refractivity (Wildman–Crippen MR) is 78.0 cm³/mol. The van der Waals surface area contributed by atoms with E-state index in [9.17, 15) is 9.59 Å². The maximum atomic E-state index is 11.5. The largest absolute Gasteiger partial charge is 0.459 e. The first-order valence-corrected chi connectivity index (χ1v) is 7.68. The molecule has 1 heterocycles. The molecule has 0 saturated carbocycles. The van der Waals surface area contributed by atoms with Gasteiger partial charge in [-0.15, -0.1) is 23.1 Å². The van der Waals surface area contributed by atoms with Crippen molar-refractivity contribution in [1.29, 1.82) is 0 Å². The topological polar surface area (TPSA) is 81.4 Å². The van der Waals surface area contributed by atoms with Gasteiger partial charge in [0.25, 0.3) is 5.91 Å². The molecule has 0 fully saturated rings. The minimum atomic E-state index is -0.451. The third-order valence-electron chi connectivity index (χ3n) is 1.90. The Bertz CT molecular complexity index is 452. The molecule has 1 amide bonds. The number of carbonyl (C=O) groups excluding carboxylic acids is 2. The van der Waals surface area contributed by atoms with Crippen molar-refractivity contribution in [2.45, 2.75) is 32.1 Å². The maximum absolute atomic E-state index is 11.5. The lowest BCUT2D eigenvalue weighted by Crippen LogP contribution is -2.29. The number of rotatable bonds is 5. The molecule has 19 heavy (non-hydrogen) atoms. The number of amides is 1. The molecule has 0 spiro atoms. The number of nitrogens with two attached hydrogens (primary N) is 1. The second-order valence-electron chi connectivity index (χ2n) is 4.82. The fourth-order valence-corrected chi connectivity index (χ4v) is 3.07. The third kappa shape index (κ3) is 6.09. The number of hydrogen-bond acceptors (Lipinski definition) is 6. The third-order valence-corrected chi connectivity index (χ3v) is 4.12. The second-order valence-corrected chi connectivity index (χ2v) is 6.97. The van der Waals surface area contributed by atoms with E-state index in [1.54, 1.807) is 6.07 Å². The van der Waals surface area contributed by atoms with E-state index in [0.29, 0.717) is 16.4 Å². The molecule has 1 rings (SSSR count). The lowest BCUT2D eigenvalue weighted by molar-refractivity contribution is -0.151. The van der Waals surface area contributed by atoms with Crippen molar-refractivity contribution in [1.82, 2.24) is 5.43 Å². The summed E-state index contributed by atoms with van der Waals surface area (Å²) in [5.74, 6) is 5.49. The highest BCUT2D eigenvalue weighted by molar-refractivity contribution is 7.99. The van der Waals surface area contributed by atoms with Crippen LogP contribution in [0, 0.1) is 0 Å². The highest BCUT2D eigenvalue weighted by Gasteiger charge is 2.16. The molecule has 0 atom stereocenters. The Balaban J connectivity index is 2.35. The van der Waals surface area contributed by atoms with E-state index in [4.69, 9.17) is 10.6 Å². The number of hydrazine groups is 1. The standard InChI is InChI=1S/C12H18N2O3S2/c1-12(2,3)17-10(15)7-18-6-8-4-5-9(19-8)11(16)14-13/h4-5H,6-7,13H2,1-3H3,(H,14,16). The van der Waals surface area contributed by atoms with E-state index < -0.39 is 5.60 Å². The highest BCUT2D eigenvalue weighted by atomic mass is 32.2. The summed E-state index contributed by atoms with van der Waals surface area (Å²) in [6.07, 6.45) is 0. The van der Waals surface area contributed by atoms with Crippen molar-refractivity contribution in [3.8, 4) is 0 Å². The Kier molecular flexibility index (Phi) is 5.84. The van der Waals surface area contributed by atoms with Gasteiger partial charge in [-0.2, -0.15) is 0 Å². The van der Waals surface area contributed by atoms with E-state index in [1.165, 1.54) is 23.1 Å². The minimum Gasteiger partial charge on any atom is -0.459 e. The van der Waals surface area contributed by atoms with Gasteiger partial charge in [0.2, 0.25) is 0 Å². The van der Waals surface area contributed by atoms with Crippen molar-refractivity contribution in [2.24, 2.45) is 5.84 Å². The van der Waals surface area contributed by atoms with Gasteiger partial charge in [0.05, 0.1) is 10.6 Å². The van der Waals surface area contributed by atoms with Crippen LogP contribution in [0.4, 0.5) is 0 Å². The van der Waals surface area contributed by atoms with Crippen LogP contribution in [0.1, 0.15) is 35.3 Å². The second kappa shape index (κ2) is 6.93. The van der Waals surface area contributed by atoms with Gasteiger partial charge in [-0.1, -0.05) is 0 Å². The Morgan fingerprint density at radius 1 is 1.42 bits per heavy atom. The molecular weight excluding hydrogens is 284 g/mol. The molecule has 0 unspecified atom stereocenters. The smallest absolute Gasteiger partial charge is 0.316 e. The van der Waals surface area contributed by atoms with Crippen LogP contribution in [-0.4, -0.2) is 23.2 Å². The lowest BCUT2D eigenvalue weighted by atomic mass is 10.2.